The van der Waals surface area contributed by atoms with Crippen LogP contribution in [0.2, 0.25) is 0 Å². The number of nitrogens with zero attached hydrogens (tertiary/aromatic N) is 3. The molecular formula is C20H21FN4O4S. The monoisotopic (exact) mass is 432 g/mol. The minimum Gasteiger partial charge on any atom is -0.387 e. The number of benzene rings is 1. The lowest BCUT2D eigenvalue weighted by atomic mass is 9.89. The summed E-state index contributed by atoms with van der Waals surface area (Å²) in [6, 6.07) is 8.33. The smallest absolute Gasteiger partial charge is 0.269 e. The van der Waals surface area contributed by atoms with Gasteiger partial charge in [0.2, 0.25) is 10.0 Å². The quantitative estimate of drug-likeness (QED) is 0.777. The first kappa shape index (κ1) is 20.4. The zero-order valence-corrected chi connectivity index (χ0v) is 16.9. The Labute approximate surface area is 173 Å². The van der Waals surface area contributed by atoms with Gasteiger partial charge >= 0.3 is 0 Å². The van der Waals surface area contributed by atoms with Crippen LogP contribution in [0.15, 0.2) is 58.8 Å². The van der Waals surface area contributed by atoms with Crippen LogP contribution in [0, 0.1) is 5.82 Å². The van der Waals surface area contributed by atoms with E-state index in [1.807, 2.05) is 0 Å². The van der Waals surface area contributed by atoms with Gasteiger partial charge in [0, 0.05) is 31.9 Å². The van der Waals surface area contributed by atoms with E-state index in [9.17, 15) is 17.6 Å². The second kappa shape index (κ2) is 8.11. The Kier molecular flexibility index (Phi) is 5.52. The number of carbonyl (C=O) groups is 1. The molecule has 0 radical (unpaired) electrons. The van der Waals surface area contributed by atoms with E-state index in [0.717, 1.165) is 17.7 Å². The van der Waals surface area contributed by atoms with E-state index in [2.05, 4.69) is 15.5 Å². The molecule has 0 bridgehead atoms. The molecule has 1 aromatic heterocycles. The zero-order valence-electron chi connectivity index (χ0n) is 16.1. The van der Waals surface area contributed by atoms with Gasteiger partial charge in [0.05, 0.1) is 11.4 Å². The summed E-state index contributed by atoms with van der Waals surface area (Å²) in [4.78, 5) is 22.0. The Morgan fingerprint density at radius 2 is 1.93 bits per heavy atom. The highest BCUT2D eigenvalue weighted by atomic mass is 32.2. The minimum atomic E-state index is -3.80. The van der Waals surface area contributed by atoms with Crippen molar-refractivity contribution in [2.45, 2.75) is 36.3 Å². The highest BCUT2D eigenvalue weighted by Gasteiger charge is 2.47. The second-order valence-corrected chi connectivity index (χ2v) is 9.36. The third kappa shape index (κ3) is 4.19. The maximum Gasteiger partial charge on any atom is 0.269 e. The molecule has 2 aromatic rings. The Morgan fingerprint density at radius 1 is 1.20 bits per heavy atom. The first-order chi connectivity index (χ1) is 14.4. The van der Waals surface area contributed by atoms with Gasteiger partial charge in [0.15, 0.2) is 5.60 Å². The summed E-state index contributed by atoms with van der Waals surface area (Å²) in [6.45, 7) is 0.740. The molecule has 1 atom stereocenters. The summed E-state index contributed by atoms with van der Waals surface area (Å²) in [6.07, 6.45) is 4.68. The molecule has 1 aromatic carbocycles. The normalized spacial score (nSPS) is 21.8. The first-order valence-corrected chi connectivity index (χ1v) is 11.0. The maximum absolute atomic E-state index is 13.2. The van der Waals surface area contributed by atoms with Crippen LogP contribution in [0.25, 0.3) is 0 Å². The molecule has 1 spiro atoms. The molecule has 2 aliphatic heterocycles. The molecule has 4 rings (SSSR count). The number of sulfonamides is 1. The van der Waals surface area contributed by atoms with Gasteiger partial charge in [-0.05, 0) is 54.8 Å². The molecule has 1 amide bonds. The van der Waals surface area contributed by atoms with Gasteiger partial charge in [-0.2, -0.15) is 4.31 Å². The second-order valence-electron chi connectivity index (χ2n) is 7.42. The number of hydrogen-bond acceptors (Lipinski definition) is 6. The van der Waals surface area contributed by atoms with E-state index in [-0.39, 0.29) is 29.5 Å². The minimum absolute atomic E-state index is 0.0233. The predicted octanol–water partition coefficient (Wildman–Crippen LogP) is 1.84. The fourth-order valence-corrected chi connectivity index (χ4v) is 5.22. The van der Waals surface area contributed by atoms with Gasteiger partial charge in [-0.25, -0.2) is 12.8 Å². The van der Waals surface area contributed by atoms with Crippen LogP contribution in [0.1, 0.15) is 24.8 Å². The van der Waals surface area contributed by atoms with E-state index in [4.69, 9.17) is 4.84 Å². The average molecular weight is 432 g/mol. The molecule has 1 saturated heterocycles. The van der Waals surface area contributed by atoms with Gasteiger partial charge < -0.3 is 10.2 Å². The summed E-state index contributed by atoms with van der Waals surface area (Å²) < 4.78 is 40.4. The molecule has 30 heavy (non-hydrogen) atoms. The lowest BCUT2D eigenvalue weighted by Crippen LogP contribution is -2.50. The molecule has 10 heteroatoms. The Balaban J connectivity index is 1.41. The summed E-state index contributed by atoms with van der Waals surface area (Å²) in [5, 5.41) is 6.74. The summed E-state index contributed by atoms with van der Waals surface area (Å²) in [5.41, 5.74) is 0.279. The van der Waals surface area contributed by atoms with E-state index >= 15 is 0 Å². The van der Waals surface area contributed by atoms with Crippen LogP contribution in [0.3, 0.4) is 0 Å². The molecule has 158 valence electrons. The number of halogens is 1. The van der Waals surface area contributed by atoms with Gasteiger partial charge in [0.25, 0.3) is 5.91 Å². The number of amides is 1. The molecular weight excluding hydrogens is 411 g/mol. The SMILES string of the molecule is O=C(NCc1ccncc1)C1=NO[C@]2(CCCN(S(=O)(=O)c3ccc(F)cc3)C2)C1. The zero-order chi connectivity index (χ0) is 21.2. The molecule has 3 heterocycles. The van der Waals surface area contributed by atoms with Crippen molar-refractivity contribution in [3.05, 3.63) is 60.2 Å². The van der Waals surface area contributed by atoms with Gasteiger partial charge in [-0.15, -0.1) is 0 Å². The number of oxime groups is 1. The van der Waals surface area contributed by atoms with Gasteiger partial charge in [-0.3, -0.25) is 9.78 Å². The molecule has 2 aliphatic rings. The van der Waals surface area contributed by atoms with E-state index in [1.54, 1.807) is 24.5 Å². The van der Waals surface area contributed by atoms with Crippen LogP contribution in [0.5, 0.6) is 0 Å². The fraction of sp³-hybridized carbons (Fsp3) is 0.350. The maximum atomic E-state index is 13.2. The number of nitrogens with one attached hydrogen (secondary N) is 1. The molecule has 0 aliphatic carbocycles. The third-order valence-electron chi connectivity index (χ3n) is 5.26. The van der Waals surface area contributed by atoms with Crippen molar-refractivity contribution in [3.8, 4) is 0 Å². The van der Waals surface area contributed by atoms with Crippen LogP contribution < -0.4 is 5.32 Å². The largest absolute Gasteiger partial charge is 0.387 e. The lowest BCUT2D eigenvalue weighted by molar-refractivity contribution is -0.115. The van der Waals surface area contributed by atoms with Crippen molar-refractivity contribution in [1.29, 1.82) is 0 Å². The Bertz CT molecular complexity index is 1060. The topological polar surface area (TPSA) is 101 Å². The molecule has 0 unspecified atom stereocenters. The number of pyridine rings is 1. The highest BCUT2D eigenvalue weighted by Crippen LogP contribution is 2.35. The van der Waals surface area contributed by atoms with E-state index in [1.165, 1.54) is 16.4 Å². The van der Waals surface area contributed by atoms with E-state index < -0.39 is 21.4 Å². The summed E-state index contributed by atoms with van der Waals surface area (Å²) in [5.74, 6) is -0.846. The molecule has 1 fully saturated rings. The van der Waals surface area contributed by atoms with Crippen molar-refractivity contribution in [1.82, 2.24) is 14.6 Å². The highest BCUT2D eigenvalue weighted by molar-refractivity contribution is 7.89. The van der Waals surface area contributed by atoms with Crippen molar-refractivity contribution >= 4 is 21.6 Å². The predicted molar refractivity (Wildman–Crippen MR) is 106 cm³/mol. The Hall–Kier alpha value is -2.85. The van der Waals surface area contributed by atoms with Crippen LogP contribution >= 0.6 is 0 Å². The van der Waals surface area contributed by atoms with E-state index in [0.29, 0.717) is 25.9 Å². The van der Waals surface area contributed by atoms with Crippen molar-refractivity contribution in [2.75, 3.05) is 13.1 Å². The van der Waals surface area contributed by atoms with Gasteiger partial charge in [-0.1, -0.05) is 5.16 Å². The summed E-state index contributed by atoms with van der Waals surface area (Å²) >= 11 is 0. The van der Waals surface area contributed by atoms with Crippen LogP contribution in [-0.2, 0) is 26.2 Å². The number of piperidine rings is 1. The van der Waals surface area contributed by atoms with Crippen molar-refractivity contribution in [3.63, 3.8) is 0 Å². The number of aromatic nitrogens is 1. The van der Waals surface area contributed by atoms with Gasteiger partial charge in [0.1, 0.15) is 11.5 Å². The van der Waals surface area contributed by atoms with Crippen LogP contribution in [-0.4, -0.2) is 48.0 Å². The average Bonchev–Trinajstić information content (AvgIpc) is 3.16. The summed E-state index contributed by atoms with van der Waals surface area (Å²) in [7, 11) is -3.80. The fourth-order valence-electron chi connectivity index (χ4n) is 3.67. The third-order valence-corrected chi connectivity index (χ3v) is 7.12. The Morgan fingerprint density at radius 3 is 2.67 bits per heavy atom. The molecule has 0 saturated carbocycles. The molecule has 1 N–H and O–H groups in total. The lowest BCUT2D eigenvalue weighted by Gasteiger charge is -2.37. The number of hydrogen-bond donors (Lipinski definition) is 1. The number of carbonyl (C=O) groups excluding carboxylic acids is 1. The standard InChI is InChI=1S/C20H21FN4O4S/c21-16-2-4-17(5-3-16)30(27,28)25-11-1-8-20(14-25)12-18(24-29-20)19(26)23-13-15-6-9-22-10-7-15/h2-7,9-10H,1,8,11-14H2,(H,23,26)/t20-/m1/s1. The molecule has 8 nitrogen and oxygen atoms in total. The first-order valence-electron chi connectivity index (χ1n) is 9.56. The van der Waals surface area contributed by atoms with Crippen molar-refractivity contribution < 1.29 is 22.4 Å². The van der Waals surface area contributed by atoms with Crippen molar-refractivity contribution in [2.24, 2.45) is 5.16 Å². The number of rotatable bonds is 5. The van der Waals surface area contributed by atoms with Crippen LogP contribution in [0.4, 0.5) is 4.39 Å².